The molecule has 2 aromatic rings. The molecule has 1 aliphatic carbocycles. The van der Waals surface area contributed by atoms with Crippen molar-refractivity contribution in [2.24, 2.45) is 0 Å². The number of carbonyl (C=O) groups is 1. The van der Waals surface area contributed by atoms with Crippen molar-refractivity contribution in [2.45, 2.75) is 25.2 Å². The lowest BCUT2D eigenvalue weighted by atomic mass is 9.93. The van der Waals surface area contributed by atoms with Crippen LogP contribution in [0.1, 0.15) is 35.7 Å². The molecule has 1 aromatic heterocycles. The zero-order chi connectivity index (χ0) is 14.2. The number of halogens is 1. The second kappa shape index (κ2) is 4.91. The zero-order valence-electron chi connectivity index (χ0n) is 11.2. The highest BCUT2D eigenvalue weighted by atomic mass is 35.5. The van der Waals surface area contributed by atoms with Crippen LogP contribution in [-0.2, 0) is 5.41 Å². The van der Waals surface area contributed by atoms with Gasteiger partial charge in [-0.3, -0.25) is 4.79 Å². The lowest BCUT2D eigenvalue weighted by Gasteiger charge is -2.14. The zero-order valence-corrected chi connectivity index (χ0v) is 11.9. The van der Waals surface area contributed by atoms with Crippen LogP contribution in [0.4, 0.5) is 5.82 Å². The Morgan fingerprint density at radius 2 is 2.00 bits per heavy atom. The second-order valence-electron chi connectivity index (χ2n) is 5.42. The summed E-state index contributed by atoms with van der Waals surface area (Å²) >= 11 is 5.78. The summed E-state index contributed by atoms with van der Waals surface area (Å²) in [5.41, 5.74) is 2.00. The standard InChI is InChI=1S/C16H15ClN2O/c1-16(8-9-16)13-5-3-2-4-12(13)15(20)19-14-7-6-11(17)10-18-14/h2-7,10H,8-9H2,1H3,(H,18,19,20). The maximum absolute atomic E-state index is 12.4. The molecule has 1 aliphatic rings. The molecule has 0 aliphatic heterocycles. The summed E-state index contributed by atoms with van der Waals surface area (Å²) in [6.45, 7) is 2.19. The molecule has 0 unspecified atom stereocenters. The summed E-state index contributed by atoms with van der Waals surface area (Å²) < 4.78 is 0. The summed E-state index contributed by atoms with van der Waals surface area (Å²) in [5, 5.41) is 3.37. The summed E-state index contributed by atoms with van der Waals surface area (Å²) in [6.07, 6.45) is 3.79. The van der Waals surface area contributed by atoms with E-state index < -0.39 is 0 Å². The molecule has 0 spiro atoms. The van der Waals surface area contributed by atoms with E-state index in [1.54, 1.807) is 12.1 Å². The topological polar surface area (TPSA) is 42.0 Å². The number of rotatable bonds is 3. The van der Waals surface area contributed by atoms with Gasteiger partial charge in [0.1, 0.15) is 5.82 Å². The summed E-state index contributed by atoms with van der Waals surface area (Å²) in [7, 11) is 0. The Kier molecular flexibility index (Phi) is 3.22. The minimum absolute atomic E-state index is 0.122. The van der Waals surface area contributed by atoms with Gasteiger partial charge in [-0.25, -0.2) is 4.98 Å². The fourth-order valence-electron chi connectivity index (χ4n) is 2.30. The Morgan fingerprint density at radius 1 is 1.25 bits per heavy atom. The van der Waals surface area contributed by atoms with Crippen molar-refractivity contribution in [1.29, 1.82) is 0 Å². The number of nitrogens with zero attached hydrogens (tertiary/aromatic N) is 1. The van der Waals surface area contributed by atoms with E-state index in [1.165, 1.54) is 6.20 Å². The number of hydrogen-bond acceptors (Lipinski definition) is 2. The fourth-order valence-corrected chi connectivity index (χ4v) is 2.41. The third-order valence-electron chi connectivity index (χ3n) is 3.79. The van der Waals surface area contributed by atoms with Crippen molar-refractivity contribution >= 4 is 23.3 Å². The van der Waals surface area contributed by atoms with E-state index in [-0.39, 0.29) is 11.3 Å². The Balaban J connectivity index is 1.86. The largest absolute Gasteiger partial charge is 0.307 e. The highest BCUT2D eigenvalue weighted by Gasteiger charge is 2.41. The van der Waals surface area contributed by atoms with Gasteiger partial charge in [-0.05, 0) is 42.0 Å². The molecule has 3 nitrogen and oxygen atoms in total. The van der Waals surface area contributed by atoms with Crippen LogP contribution in [0.25, 0.3) is 0 Å². The van der Waals surface area contributed by atoms with Gasteiger partial charge in [-0.2, -0.15) is 0 Å². The maximum atomic E-state index is 12.4. The average Bonchev–Trinajstić information content (AvgIpc) is 3.20. The first kappa shape index (κ1) is 13.1. The van der Waals surface area contributed by atoms with Crippen LogP contribution in [0.2, 0.25) is 5.02 Å². The van der Waals surface area contributed by atoms with Crippen LogP contribution in [0.5, 0.6) is 0 Å². The van der Waals surface area contributed by atoms with E-state index in [0.29, 0.717) is 10.8 Å². The van der Waals surface area contributed by atoms with Crippen LogP contribution in [-0.4, -0.2) is 10.9 Å². The van der Waals surface area contributed by atoms with Crippen LogP contribution in [0.15, 0.2) is 42.6 Å². The lowest BCUT2D eigenvalue weighted by molar-refractivity contribution is 0.102. The number of pyridine rings is 1. The quantitative estimate of drug-likeness (QED) is 0.925. The number of hydrogen-bond donors (Lipinski definition) is 1. The van der Waals surface area contributed by atoms with Crippen molar-refractivity contribution in [3.05, 3.63) is 58.7 Å². The average molecular weight is 287 g/mol. The van der Waals surface area contributed by atoms with Crippen molar-refractivity contribution < 1.29 is 4.79 Å². The highest BCUT2D eigenvalue weighted by Crippen LogP contribution is 2.48. The van der Waals surface area contributed by atoms with E-state index in [4.69, 9.17) is 11.6 Å². The molecule has 1 fully saturated rings. The summed E-state index contributed by atoms with van der Waals surface area (Å²) in [6, 6.07) is 11.2. The van der Waals surface area contributed by atoms with Crippen LogP contribution in [0, 0.1) is 0 Å². The van der Waals surface area contributed by atoms with Crippen LogP contribution in [0.3, 0.4) is 0 Å². The molecule has 20 heavy (non-hydrogen) atoms. The Morgan fingerprint density at radius 3 is 2.65 bits per heavy atom. The Labute approximate surface area is 123 Å². The third-order valence-corrected chi connectivity index (χ3v) is 4.01. The monoisotopic (exact) mass is 286 g/mol. The lowest BCUT2D eigenvalue weighted by Crippen LogP contribution is -2.17. The van der Waals surface area contributed by atoms with Gasteiger partial charge >= 0.3 is 0 Å². The molecule has 0 saturated heterocycles. The number of amides is 1. The smallest absolute Gasteiger partial charge is 0.257 e. The molecule has 1 amide bonds. The summed E-state index contributed by atoms with van der Waals surface area (Å²) in [5.74, 6) is 0.388. The second-order valence-corrected chi connectivity index (χ2v) is 5.86. The molecular weight excluding hydrogens is 272 g/mol. The van der Waals surface area contributed by atoms with Gasteiger partial charge in [-0.15, -0.1) is 0 Å². The molecule has 0 radical (unpaired) electrons. The van der Waals surface area contributed by atoms with Gasteiger partial charge < -0.3 is 5.32 Å². The molecule has 1 saturated carbocycles. The predicted octanol–water partition coefficient (Wildman–Crippen LogP) is 4.04. The first-order chi connectivity index (χ1) is 9.58. The molecule has 1 heterocycles. The third kappa shape index (κ3) is 2.54. The number of benzene rings is 1. The van der Waals surface area contributed by atoms with Crippen LogP contribution >= 0.6 is 11.6 Å². The Hall–Kier alpha value is -1.87. The van der Waals surface area contributed by atoms with Crippen molar-refractivity contribution in [2.75, 3.05) is 5.32 Å². The number of anilines is 1. The van der Waals surface area contributed by atoms with E-state index >= 15 is 0 Å². The van der Waals surface area contributed by atoms with E-state index in [1.807, 2.05) is 24.3 Å². The van der Waals surface area contributed by atoms with Gasteiger partial charge in [0.15, 0.2) is 0 Å². The molecule has 0 atom stereocenters. The van der Waals surface area contributed by atoms with Crippen LogP contribution < -0.4 is 5.32 Å². The molecule has 0 bridgehead atoms. The van der Waals surface area contributed by atoms with E-state index in [0.717, 1.165) is 24.0 Å². The van der Waals surface area contributed by atoms with Crippen molar-refractivity contribution in [1.82, 2.24) is 4.98 Å². The molecule has 1 aromatic carbocycles. The normalized spacial score (nSPS) is 15.7. The molecule has 1 N–H and O–H groups in total. The molecule has 102 valence electrons. The Bertz CT molecular complexity index is 648. The number of carbonyl (C=O) groups excluding carboxylic acids is 1. The van der Waals surface area contributed by atoms with Gasteiger partial charge in [0, 0.05) is 11.8 Å². The minimum atomic E-state index is -0.122. The highest BCUT2D eigenvalue weighted by molar-refractivity contribution is 6.30. The number of nitrogens with one attached hydrogen (secondary N) is 1. The first-order valence-corrected chi connectivity index (χ1v) is 6.99. The maximum Gasteiger partial charge on any atom is 0.257 e. The predicted molar refractivity (Wildman–Crippen MR) is 80.2 cm³/mol. The summed E-state index contributed by atoms with van der Waals surface area (Å²) in [4.78, 5) is 16.5. The van der Waals surface area contributed by atoms with E-state index in [9.17, 15) is 4.79 Å². The van der Waals surface area contributed by atoms with Gasteiger partial charge in [0.25, 0.3) is 5.91 Å². The minimum Gasteiger partial charge on any atom is -0.307 e. The van der Waals surface area contributed by atoms with Crippen molar-refractivity contribution in [3.8, 4) is 0 Å². The van der Waals surface area contributed by atoms with Gasteiger partial charge in [-0.1, -0.05) is 36.7 Å². The van der Waals surface area contributed by atoms with E-state index in [2.05, 4.69) is 17.2 Å². The van der Waals surface area contributed by atoms with Gasteiger partial charge in [0.2, 0.25) is 0 Å². The molecular formula is C16H15ClN2O. The molecule has 4 heteroatoms. The number of aromatic nitrogens is 1. The van der Waals surface area contributed by atoms with Gasteiger partial charge in [0.05, 0.1) is 5.02 Å². The SMILES string of the molecule is CC1(c2ccccc2C(=O)Nc2ccc(Cl)cn2)CC1. The molecule has 3 rings (SSSR count). The first-order valence-electron chi connectivity index (χ1n) is 6.61. The van der Waals surface area contributed by atoms with Crippen molar-refractivity contribution in [3.63, 3.8) is 0 Å². The fraction of sp³-hybridized carbons (Fsp3) is 0.250.